The van der Waals surface area contributed by atoms with Crippen molar-refractivity contribution < 1.29 is 17.9 Å². The smallest absolute Gasteiger partial charge is 0.419 e. The first-order valence-electron chi connectivity index (χ1n) is 6.86. The van der Waals surface area contributed by atoms with Crippen LogP contribution in [0, 0.1) is 17.2 Å². The lowest BCUT2D eigenvalue weighted by atomic mass is 9.87. The molecule has 21 heavy (non-hydrogen) atoms. The molecule has 0 aromatic heterocycles. The average molecular weight is 298 g/mol. The molecule has 0 saturated heterocycles. The molecule has 2 atom stereocenters. The number of rotatable bonds is 4. The van der Waals surface area contributed by atoms with E-state index in [0.29, 0.717) is 12.8 Å². The molecule has 114 valence electrons. The first-order valence-corrected chi connectivity index (χ1v) is 6.86. The molecule has 0 radical (unpaired) electrons. The molecule has 1 aromatic carbocycles. The van der Waals surface area contributed by atoms with Crippen molar-refractivity contribution in [2.45, 2.75) is 37.4 Å². The van der Waals surface area contributed by atoms with Crippen molar-refractivity contribution in [1.29, 1.82) is 5.26 Å². The van der Waals surface area contributed by atoms with E-state index in [-0.39, 0.29) is 18.3 Å². The van der Waals surface area contributed by atoms with Gasteiger partial charge in [0, 0.05) is 0 Å². The molecule has 0 spiro atoms. The molecule has 2 rings (SSSR count). The molecule has 0 heterocycles. The van der Waals surface area contributed by atoms with E-state index in [1.165, 1.54) is 18.2 Å². The molecular formula is C15H17F3N2O. The van der Waals surface area contributed by atoms with Crippen LogP contribution < -0.4 is 10.5 Å². The SMILES string of the molecule is N#CC1(N)CCCC1CCOc1ccccc1C(F)(F)F. The van der Waals surface area contributed by atoms with E-state index in [9.17, 15) is 13.2 Å². The standard InChI is InChI=1S/C15H17F3N2O/c16-15(17,18)12-5-1-2-6-13(12)21-9-7-11-4-3-8-14(11,20)10-19/h1-2,5-6,11H,3-4,7-9,20H2. The average Bonchev–Trinajstić information content (AvgIpc) is 2.80. The monoisotopic (exact) mass is 298 g/mol. The Hall–Kier alpha value is -1.74. The highest BCUT2D eigenvalue weighted by molar-refractivity contribution is 5.35. The Morgan fingerprint density at radius 2 is 2.10 bits per heavy atom. The zero-order valence-corrected chi connectivity index (χ0v) is 11.5. The van der Waals surface area contributed by atoms with Crippen molar-refractivity contribution in [2.24, 2.45) is 11.7 Å². The lowest BCUT2D eigenvalue weighted by molar-refractivity contribution is -0.139. The van der Waals surface area contributed by atoms with Gasteiger partial charge in [-0.2, -0.15) is 18.4 Å². The molecule has 0 bridgehead atoms. The number of hydrogen-bond donors (Lipinski definition) is 1. The van der Waals surface area contributed by atoms with Crippen LogP contribution in [-0.2, 0) is 6.18 Å². The number of nitriles is 1. The lowest BCUT2D eigenvalue weighted by Gasteiger charge is -2.24. The van der Waals surface area contributed by atoms with Gasteiger partial charge in [0.15, 0.2) is 0 Å². The maximum absolute atomic E-state index is 12.8. The van der Waals surface area contributed by atoms with Crippen LogP contribution in [0.25, 0.3) is 0 Å². The number of halogens is 3. The molecule has 1 fully saturated rings. The summed E-state index contributed by atoms with van der Waals surface area (Å²) >= 11 is 0. The van der Waals surface area contributed by atoms with Crippen molar-refractivity contribution in [2.75, 3.05) is 6.61 Å². The fourth-order valence-corrected chi connectivity index (χ4v) is 2.79. The van der Waals surface area contributed by atoms with E-state index in [1.807, 2.05) is 0 Å². The highest BCUT2D eigenvalue weighted by atomic mass is 19.4. The molecule has 1 aliphatic rings. The van der Waals surface area contributed by atoms with Gasteiger partial charge in [-0.05, 0) is 37.3 Å². The topological polar surface area (TPSA) is 59.0 Å². The summed E-state index contributed by atoms with van der Waals surface area (Å²) in [6.07, 6.45) is -1.64. The number of hydrogen-bond acceptors (Lipinski definition) is 3. The molecular weight excluding hydrogens is 281 g/mol. The number of para-hydroxylation sites is 1. The summed E-state index contributed by atoms with van der Waals surface area (Å²) in [5.41, 5.74) is 4.33. The minimum absolute atomic E-state index is 0.0273. The Morgan fingerprint density at radius 3 is 2.76 bits per heavy atom. The lowest BCUT2D eigenvalue weighted by Crippen LogP contribution is -2.42. The summed E-state index contributed by atoms with van der Waals surface area (Å²) in [5.74, 6) is -0.205. The van der Waals surface area contributed by atoms with Crippen molar-refractivity contribution >= 4 is 0 Å². The van der Waals surface area contributed by atoms with Gasteiger partial charge in [0.2, 0.25) is 0 Å². The van der Waals surface area contributed by atoms with Gasteiger partial charge >= 0.3 is 6.18 Å². The molecule has 1 aliphatic carbocycles. The molecule has 0 aliphatic heterocycles. The van der Waals surface area contributed by atoms with Crippen LogP contribution in [0.1, 0.15) is 31.2 Å². The van der Waals surface area contributed by atoms with E-state index < -0.39 is 17.3 Å². The number of ether oxygens (including phenoxy) is 1. The molecule has 1 aromatic rings. The van der Waals surface area contributed by atoms with E-state index in [4.69, 9.17) is 15.7 Å². The molecule has 2 N–H and O–H groups in total. The van der Waals surface area contributed by atoms with Crippen molar-refractivity contribution in [3.05, 3.63) is 29.8 Å². The van der Waals surface area contributed by atoms with E-state index >= 15 is 0 Å². The van der Waals surface area contributed by atoms with Gasteiger partial charge in [-0.1, -0.05) is 18.6 Å². The zero-order valence-electron chi connectivity index (χ0n) is 11.5. The second kappa shape index (κ2) is 5.94. The zero-order chi connectivity index (χ0) is 15.5. The van der Waals surface area contributed by atoms with Gasteiger partial charge in [0.1, 0.15) is 11.3 Å². The number of nitrogens with two attached hydrogens (primary N) is 1. The Balaban J connectivity index is 1.98. The quantitative estimate of drug-likeness (QED) is 0.925. The summed E-state index contributed by atoms with van der Waals surface area (Å²) in [6, 6.07) is 7.24. The summed E-state index contributed by atoms with van der Waals surface area (Å²) in [5, 5.41) is 9.10. The normalized spacial score (nSPS) is 25.6. The van der Waals surface area contributed by atoms with Crippen molar-refractivity contribution in [3.63, 3.8) is 0 Å². The summed E-state index contributed by atoms with van der Waals surface area (Å²) in [6.45, 7) is 0.123. The van der Waals surface area contributed by atoms with Gasteiger partial charge in [-0.25, -0.2) is 0 Å². The summed E-state index contributed by atoms with van der Waals surface area (Å²) in [7, 11) is 0. The molecule has 6 heteroatoms. The van der Waals surface area contributed by atoms with Gasteiger partial charge in [-0.3, -0.25) is 0 Å². The maximum atomic E-state index is 12.8. The van der Waals surface area contributed by atoms with Gasteiger partial charge in [-0.15, -0.1) is 0 Å². The van der Waals surface area contributed by atoms with Crippen LogP contribution in [0.15, 0.2) is 24.3 Å². The number of alkyl halides is 3. The number of benzene rings is 1. The largest absolute Gasteiger partial charge is 0.493 e. The molecule has 1 saturated carbocycles. The Bertz CT molecular complexity index is 538. The van der Waals surface area contributed by atoms with E-state index in [1.54, 1.807) is 0 Å². The van der Waals surface area contributed by atoms with Crippen LogP contribution >= 0.6 is 0 Å². The van der Waals surface area contributed by atoms with E-state index in [2.05, 4.69) is 6.07 Å². The van der Waals surface area contributed by atoms with Gasteiger partial charge in [0.05, 0.1) is 18.2 Å². The molecule has 0 amide bonds. The van der Waals surface area contributed by atoms with Crippen LogP contribution in [0.2, 0.25) is 0 Å². The number of nitrogens with zero attached hydrogens (tertiary/aromatic N) is 1. The van der Waals surface area contributed by atoms with Crippen molar-refractivity contribution in [1.82, 2.24) is 0 Å². The third-order valence-corrected chi connectivity index (χ3v) is 4.00. The van der Waals surface area contributed by atoms with Gasteiger partial charge in [0.25, 0.3) is 0 Å². The van der Waals surface area contributed by atoms with Crippen molar-refractivity contribution in [3.8, 4) is 11.8 Å². The Kier molecular flexibility index (Phi) is 4.43. The summed E-state index contributed by atoms with van der Waals surface area (Å²) in [4.78, 5) is 0. The first kappa shape index (κ1) is 15.6. The van der Waals surface area contributed by atoms with E-state index in [0.717, 1.165) is 18.9 Å². The fraction of sp³-hybridized carbons (Fsp3) is 0.533. The maximum Gasteiger partial charge on any atom is 0.419 e. The van der Waals surface area contributed by atoms with Crippen LogP contribution in [-0.4, -0.2) is 12.1 Å². The highest BCUT2D eigenvalue weighted by Gasteiger charge is 2.39. The predicted molar refractivity (Wildman–Crippen MR) is 71.4 cm³/mol. The van der Waals surface area contributed by atoms with Gasteiger partial charge < -0.3 is 10.5 Å². The van der Waals surface area contributed by atoms with Crippen LogP contribution in [0.5, 0.6) is 5.75 Å². The predicted octanol–water partition coefficient (Wildman–Crippen LogP) is 3.50. The fourth-order valence-electron chi connectivity index (χ4n) is 2.79. The second-order valence-electron chi connectivity index (χ2n) is 5.37. The molecule has 2 unspecified atom stereocenters. The second-order valence-corrected chi connectivity index (χ2v) is 5.37. The minimum Gasteiger partial charge on any atom is -0.493 e. The minimum atomic E-state index is -4.44. The Labute approximate surface area is 121 Å². The molecule has 3 nitrogen and oxygen atoms in total. The highest BCUT2D eigenvalue weighted by Crippen LogP contribution is 2.38. The van der Waals surface area contributed by atoms with Crippen LogP contribution in [0.4, 0.5) is 13.2 Å². The first-order chi connectivity index (χ1) is 9.87. The third kappa shape index (κ3) is 3.48. The Morgan fingerprint density at radius 1 is 1.38 bits per heavy atom. The third-order valence-electron chi connectivity index (χ3n) is 4.00. The summed E-state index contributed by atoms with van der Waals surface area (Å²) < 4.78 is 43.7. The van der Waals surface area contributed by atoms with Crippen LogP contribution in [0.3, 0.4) is 0 Å².